The summed E-state index contributed by atoms with van der Waals surface area (Å²) in [6, 6.07) is 4.81. The lowest BCUT2D eigenvalue weighted by atomic mass is 10.3. The van der Waals surface area contributed by atoms with E-state index < -0.39 is 5.91 Å². The molecule has 3 aromatic rings. The van der Waals surface area contributed by atoms with E-state index in [1.807, 2.05) is 0 Å². The van der Waals surface area contributed by atoms with Crippen LogP contribution in [0.15, 0.2) is 35.6 Å². The first-order valence-corrected chi connectivity index (χ1v) is 6.97. The van der Waals surface area contributed by atoms with E-state index >= 15 is 0 Å². The second-order valence-electron chi connectivity index (χ2n) is 4.07. The molecule has 0 fully saturated rings. The Morgan fingerprint density at radius 2 is 2.00 bits per heavy atom. The van der Waals surface area contributed by atoms with Gasteiger partial charge >= 0.3 is 0 Å². The molecule has 9 heteroatoms. The lowest BCUT2D eigenvalue weighted by Crippen LogP contribution is -2.05. The first-order chi connectivity index (χ1) is 10.7. The molecule has 0 unspecified atom stereocenters. The summed E-state index contributed by atoms with van der Waals surface area (Å²) in [4.78, 5) is 28.6. The van der Waals surface area contributed by atoms with E-state index in [0.717, 1.165) is 11.5 Å². The van der Waals surface area contributed by atoms with Crippen LogP contribution in [0.3, 0.4) is 0 Å². The third-order valence-corrected chi connectivity index (χ3v) is 3.62. The van der Waals surface area contributed by atoms with Gasteiger partial charge in [-0.2, -0.15) is 18.8 Å². The summed E-state index contributed by atoms with van der Waals surface area (Å²) in [5.74, 6) is 0.821. The van der Waals surface area contributed by atoms with Gasteiger partial charge in [0.25, 0.3) is 11.7 Å². The number of ether oxygens (including phenoxy) is 2. The Morgan fingerprint density at radius 1 is 1.23 bits per heavy atom. The van der Waals surface area contributed by atoms with Gasteiger partial charge in [0, 0.05) is 18.0 Å². The van der Waals surface area contributed by atoms with Gasteiger partial charge in [-0.05, 0) is 23.7 Å². The highest BCUT2D eigenvalue weighted by molar-refractivity contribution is 7.03. The molecule has 0 aliphatic carbocycles. The lowest BCUT2D eigenvalue weighted by Gasteiger charge is -2.03. The molecule has 0 atom stereocenters. The minimum atomic E-state index is -0.395. The molecule has 0 aliphatic heterocycles. The van der Waals surface area contributed by atoms with Crippen molar-refractivity contribution in [2.45, 2.75) is 0 Å². The molecule has 0 spiro atoms. The third-order valence-electron chi connectivity index (χ3n) is 2.75. The Morgan fingerprint density at radius 3 is 2.68 bits per heavy atom. The minimum Gasteiger partial charge on any atom is -0.481 e. The molecular weight excluding hydrogens is 306 g/mol. The zero-order valence-corrected chi connectivity index (χ0v) is 12.6. The molecule has 0 radical (unpaired) electrons. The number of nitrogens with zero attached hydrogens (tertiary/aromatic N) is 5. The number of hydrogen-bond acceptors (Lipinski definition) is 7. The summed E-state index contributed by atoms with van der Waals surface area (Å²) in [7, 11) is 3.03. The Labute approximate surface area is 128 Å². The molecule has 0 N–H and O–H groups in total. The molecule has 1 amide bonds. The van der Waals surface area contributed by atoms with E-state index in [9.17, 15) is 4.79 Å². The predicted octanol–water partition coefficient (Wildman–Crippen LogP) is 0.944. The van der Waals surface area contributed by atoms with Crippen molar-refractivity contribution in [1.29, 1.82) is 0 Å². The number of amides is 1. The normalized spacial score (nSPS) is 11.6. The summed E-state index contributed by atoms with van der Waals surface area (Å²) in [6.45, 7) is 0. The molecule has 0 bridgehead atoms. The van der Waals surface area contributed by atoms with Crippen molar-refractivity contribution in [2.75, 3.05) is 14.2 Å². The molecule has 3 aromatic heterocycles. The monoisotopic (exact) mass is 317 g/mol. The van der Waals surface area contributed by atoms with Gasteiger partial charge in [-0.3, -0.25) is 9.78 Å². The molecule has 0 saturated heterocycles. The van der Waals surface area contributed by atoms with Crippen LogP contribution < -0.4 is 14.3 Å². The van der Waals surface area contributed by atoms with Crippen LogP contribution >= 0.6 is 11.5 Å². The molecule has 0 aliphatic rings. The van der Waals surface area contributed by atoms with Crippen molar-refractivity contribution >= 4 is 23.2 Å². The average Bonchev–Trinajstić information content (AvgIpc) is 2.96. The zero-order chi connectivity index (χ0) is 15.5. The summed E-state index contributed by atoms with van der Waals surface area (Å²) >= 11 is 1.15. The average molecular weight is 317 g/mol. The van der Waals surface area contributed by atoms with Gasteiger partial charge in [0.1, 0.15) is 0 Å². The fourth-order valence-electron chi connectivity index (χ4n) is 1.72. The van der Waals surface area contributed by atoms with E-state index in [1.54, 1.807) is 22.0 Å². The van der Waals surface area contributed by atoms with Crippen LogP contribution in [0.5, 0.6) is 11.8 Å². The summed E-state index contributed by atoms with van der Waals surface area (Å²) in [5, 5.41) is 0. The number of carbonyl (C=O) groups excluding carboxylic acids is 1. The summed E-state index contributed by atoms with van der Waals surface area (Å²) in [5.41, 5.74) is 0.441. The third kappa shape index (κ3) is 2.66. The second-order valence-corrected chi connectivity index (χ2v) is 4.99. The van der Waals surface area contributed by atoms with Crippen molar-refractivity contribution in [3.8, 4) is 11.8 Å². The van der Waals surface area contributed by atoms with E-state index in [2.05, 4.69) is 19.9 Å². The van der Waals surface area contributed by atoms with Crippen LogP contribution in [0.2, 0.25) is 0 Å². The van der Waals surface area contributed by atoms with Crippen LogP contribution in [0.25, 0.3) is 5.78 Å². The highest BCUT2D eigenvalue weighted by atomic mass is 32.1. The fourth-order valence-corrected chi connectivity index (χ4v) is 2.51. The van der Waals surface area contributed by atoms with E-state index in [4.69, 9.17) is 9.47 Å². The van der Waals surface area contributed by atoms with Crippen molar-refractivity contribution in [3.05, 3.63) is 41.0 Å². The smallest absolute Gasteiger partial charge is 0.279 e. The van der Waals surface area contributed by atoms with Gasteiger partial charge in [-0.15, -0.1) is 0 Å². The van der Waals surface area contributed by atoms with Crippen LogP contribution in [0.1, 0.15) is 10.4 Å². The van der Waals surface area contributed by atoms with Crippen LogP contribution in [0.4, 0.5) is 0 Å². The number of rotatable bonds is 3. The molecule has 8 nitrogen and oxygen atoms in total. The van der Waals surface area contributed by atoms with Gasteiger partial charge in [0.2, 0.25) is 16.6 Å². The minimum absolute atomic E-state index is 0.279. The van der Waals surface area contributed by atoms with Crippen molar-refractivity contribution in [2.24, 2.45) is 4.99 Å². The molecule has 22 heavy (non-hydrogen) atoms. The summed E-state index contributed by atoms with van der Waals surface area (Å²) in [6.07, 6.45) is 3.07. The maximum absolute atomic E-state index is 12.1. The van der Waals surface area contributed by atoms with E-state index in [1.165, 1.54) is 26.6 Å². The van der Waals surface area contributed by atoms with Crippen molar-refractivity contribution in [3.63, 3.8) is 0 Å². The van der Waals surface area contributed by atoms with Crippen molar-refractivity contribution in [1.82, 2.24) is 18.7 Å². The van der Waals surface area contributed by atoms with Gasteiger partial charge < -0.3 is 9.47 Å². The van der Waals surface area contributed by atoms with Crippen molar-refractivity contribution < 1.29 is 14.3 Å². The highest BCUT2D eigenvalue weighted by Crippen LogP contribution is 2.19. The highest BCUT2D eigenvalue weighted by Gasteiger charge is 2.10. The van der Waals surface area contributed by atoms with Gasteiger partial charge in [0.15, 0.2) is 0 Å². The van der Waals surface area contributed by atoms with Crippen LogP contribution in [0, 0.1) is 0 Å². The van der Waals surface area contributed by atoms with Crippen LogP contribution in [-0.2, 0) is 0 Å². The first kappa shape index (κ1) is 14.1. The van der Waals surface area contributed by atoms with Gasteiger partial charge in [-0.1, -0.05) is 0 Å². The van der Waals surface area contributed by atoms with E-state index in [-0.39, 0.29) is 4.80 Å². The SMILES string of the molecule is COc1cc(OC)n2sc(=NC(=O)c3ccncc3)nc2n1. The number of fused-ring (bicyclic) bond motifs is 1. The predicted molar refractivity (Wildman–Crippen MR) is 78.1 cm³/mol. The quantitative estimate of drug-likeness (QED) is 0.714. The molecule has 0 aromatic carbocycles. The second kappa shape index (κ2) is 5.90. The lowest BCUT2D eigenvalue weighted by molar-refractivity contribution is 0.0998. The maximum atomic E-state index is 12.1. The van der Waals surface area contributed by atoms with Gasteiger partial charge in [-0.25, -0.2) is 0 Å². The Kier molecular flexibility index (Phi) is 3.79. The molecule has 3 rings (SSSR count). The number of pyridine rings is 1. The molecule has 3 heterocycles. The first-order valence-electron chi connectivity index (χ1n) is 6.19. The number of aromatic nitrogens is 4. The largest absolute Gasteiger partial charge is 0.481 e. The number of hydrogen-bond donors (Lipinski definition) is 0. The molecule has 0 saturated carbocycles. The topological polar surface area (TPSA) is 91.0 Å². The Bertz CT molecular complexity index is 888. The summed E-state index contributed by atoms with van der Waals surface area (Å²) < 4.78 is 12.0. The molecular formula is C13H11N5O3S. The standard InChI is InChI=1S/C13H11N5O3S/c1-20-9-7-10(21-2)18-12(15-9)17-13(22-18)16-11(19)8-3-5-14-6-4-8/h3-7H,1-2H3. The Hall–Kier alpha value is -2.81. The fraction of sp³-hybridized carbons (Fsp3) is 0.154. The van der Waals surface area contributed by atoms with Crippen LogP contribution in [-0.4, -0.2) is 38.9 Å². The van der Waals surface area contributed by atoms with Gasteiger partial charge in [0.05, 0.1) is 20.3 Å². The molecule has 112 valence electrons. The maximum Gasteiger partial charge on any atom is 0.279 e. The zero-order valence-electron chi connectivity index (χ0n) is 11.8. The number of methoxy groups -OCH3 is 2. The number of carbonyl (C=O) groups is 1. The Balaban J connectivity index is 2.08. The van der Waals surface area contributed by atoms with E-state index in [0.29, 0.717) is 23.1 Å².